The molecule has 0 spiro atoms. The van der Waals surface area contributed by atoms with E-state index in [0.717, 1.165) is 0 Å². The van der Waals surface area contributed by atoms with Crippen molar-refractivity contribution in [3.8, 4) is 0 Å². The Morgan fingerprint density at radius 1 is 1.83 bits per heavy atom. The van der Waals surface area contributed by atoms with Crippen LogP contribution in [0.25, 0.3) is 0 Å². The largest absolute Gasteiger partial charge is 0 e. The summed E-state index contributed by atoms with van der Waals surface area (Å²) in [6.45, 7) is 3.24. The van der Waals surface area contributed by atoms with Crippen molar-refractivity contribution in [1.29, 1.82) is 0 Å². The maximum Gasteiger partial charge on any atom is 0 e. The molecule has 0 aromatic rings. The third-order valence-electron chi connectivity index (χ3n) is 0.228. The molecule has 0 unspecified atom stereocenters. The van der Waals surface area contributed by atoms with Gasteiger partial charge in [0.2, 0.25) is 0 Å². The Morgan fingerprint density at radius 2 is 2.00 bits per heavy atom. The summed E-state index contributed by atoms with van der Waals surface area (Å²) in [6, 6.07) is 0. The van der Waals surface area contributed by atoms with E-state index in [1.54, 1.807) is 0 Å². The molecule has 0 atom stereocenters. The zero-order valence-corrected chi connectivity index (χ0v) is 9.54. The van der Waals surface area contributed by atoms with E-state index in [1.165, 1.54) is 6.08 Å². The number of hydrogen-bond acceptors (Lipinski definition) is 1. The van der Waals surface area contributed by atoms with E-state index in [0.29, 0.717) is 18.3 Å². The second kappa shape index (κ2) is 5.66. The molecule has 0 aromatic heterocycles. The second-order valence-electron chi connectivity index (χ2n) is 0.670. The summed E-state index contributed by atoms with van der Waals surface area (Å²) in [5.41, 5.74) is 0. The molecule has 0 aliphatic heterocycles. The van der Waals surface area contributed by atoms with Gasteiger partial charge in [0.15, 0.2) is 0 Å². The molecule has 0 saturated carbocycles. The minimum atomic E-state index is 0. The van der Waals surface area contributed by atoms with Gasteiger partial charge in [0.05, 0.1) is 0 Å². The topological polar surface area (TPSA) is 17.1 Å². The number of carbonyl (C=O) groups excluding carboxylic acids is 1. The van der Waals surface area contributed by atoms with Crippen LogP contribution in [-0.2, 0) is 42.6 Å². The molecular formula is C3H3OZn2. The number of allylic oxidation sites excluding steroid dienone is 1. The van der Waals surface area contributed by atoms with Crippen LogP contribution in [0.2, 0.25) is 0 Å². The van der Waals surface area contributed by atoms with Crippen molar-refractivity contribution in [1.82, 2.24) is 0 Å². The van der Waals surface area contributed by atoms with E-state index in [4.69, 9.17) is 0 Å². The molecule has 3 heteroatoms. The molecule has 0 aromatic carbocycles. The Hall–Kier alpha value is 0.657. The van der Waals surface area contributed by atoms with Gasteiger partial charge in [0.25, 0.3) is 0 Å². The predicted octanol–water partition coefficient (Wildman–Crippen LogP) is 0.243. The van der Waals surface area contributed by atoms with Gasteiger partial charge in [-0.25, -0.2) is 0 Å². The van der Waals surface area contributed by atoms with Gasteiger partial charge < -0.3 is 0 Å². The van der Waals surface area contributed by atoms with Crippen LogP contribution in [0.15, 0.2) is 12.7 Å². The monoisotopic (exact) mass is 183 g/mol. The molecule has 0 aliphatic rings. The first-order chi connectivity index (χ1) is 2.27. The molecule has 0 fully saturated rings. The van der Waals surface area contributed by atoms with Crippen LogP contribution in [0.5, 0.6) is 0 Å². The number of carbonyl (C=O) groups is 1. The van der Waals surface area contributed by atoms with Crippen molar-refractivity contribution < 1.29 is 42.6 Å². The molecule has 0 bridgehead atoms. The fourth-order valence-corrected chi connectivity index (χ4v) is 0. The quantitative estimate of drug-likeness (QED) is 0.423. The van der Waals surface area contributed by atoms with Crippen molar-refractivity contribution in [3.05, 3.63) is 12.7 Å². The molecule has 0 heterocycles. The van der Waals surface area contributed by atoms with Crippen molar-refractivity contribution in [2.75, 3.05) is 0 Å². The fraction of sp³-hybridized carbons (Fsp3) is 0. The van der Waals surface area contributed by atoms with Gasteiger partial charge in [-0.2, -0.15) is 0 Å². The van der Waals surface area contributed by atoms with Crippen LogP contribution >= 0.6 is 0 Å². The van der Waals surface area contributed by atoms with Gasteiger partial charge in [0.1, 0.15) is 0 Å². The minimum absolute atomic E-state index is 0. The maximum atomic E-state index is 9.75. The molecule has 0 saturated heterocycles. The van der Waals surface area contributed by atoms with Crippen molar-refractivity contribution in [2.24, 2.45) is 0 Å². The van der Waals surface area contributed by atoms with E-state index < -0.39 is 0 Å². The molecule has 0 rings (SSSR count). The van der Waals surface area contributed by atoms with Crippen LogP contribution in [0, 0.1) is 0 Å². The average molecular weight is 186 g/mol. The summed E-state index contributed by atoms with van der Waals surface area (Å²) in [4.78, 5) is 9.75. The number of hydrogen-bond donors (Lipinski definition) is 0. The molecule has 0 amide bonds. The molecule has 25 valence electrons. The predicted molar refractivity (Wildman–Crippen MR) is 15.2 cm³/mol. The van der Waals surface area contributed by atoms with Crippen LogP contribution in [0.3, 0.4) is 0 Å². The maximum absolute atomic E-state index is 9.75. The third kappa shape index (κ3) is 8.82. The summed E-state index contributed by atoms with van der Waals surface area (Å²) in [5, 5.41) is 0. The summed E-state index contributed by atoms with van der Waals surface area (Å²) in [5.74, 6) is 0. The fourth-order valence-electron chi connectivity index (χ4n) is 0. The minimum Gasteiger partial charge on any atom is 0 e. The normalized spacial score (nSPS) is 5.67. The van der Waals surface area contributed by atoms with E-state index in [1.807, 2.05) is 0 Å². The number of rotatable bonds is 1. The van der Waals surface area contributed by atoms with E-state index >= 15 is 0 Å². The van der Waals surface area contributed by atoms with Gasteiger partial charge in [-0.1, -0.05) is 0 Å². The summed E-state index contributed by atoms with van der Waals surface area (Å²) < 4.78 is 0.144. The summed E-state index contributed by atoms with van der Waals surface area (Å²) in [6.07, 6.45) is 1.33. The Bertz CT molecular complexity index is 59.8. The standard InChI is InChI=1S/C3H3O.2Zn/c1-2-3-4;;/h2H,1H2;;. The second-order valence-corrected chi connectivity index (χ2v) is 2.13. The molecule has 6 heavy (non-hydrogen) atoms. The van der Waals surface area contributed by atoms with Crippen LogP contribution < -0.4 is 0 Å². The Morgan fingerprint density at radius 3 is 2.00 bits per heavy atom. The average Bonchev–Trinajstić information content (AvgIpc) is 1.38. The Balaban J connectivity index is 0. The van der Waals surface area contributed by atoms with Crippen molar-refractivity contribution in [3.63, 3.8) is 0 Å². The van der Waals surface area contributed by atoms with E-state index in [9.17, 15) is 4.79 Å². The van der Waals surface area contributed by atoms with Crippen molar-refractivity contribution in [2.45, 2.75) is 0 Å². The van der Waals surface area contributed by atoms with Gasteiger partial charge in [-0.05, 0) is 0 Å². The van der Waals surface area contributed by atoms with Crippen LogP contribution in [-0.4, -0.2) is 4.38 Å². The van der Waals surface area contributed by atoms with Crippen molar-refractivity contribution >= 4 is 4.38 Å². The zero-order chi connectivity index (χ0) is 4.28. The Labute approximate surface area is 59.6 Å². The Kier molecular flexibility index (Phi) is 9.26. The zero-order valence-electron chi connectivity index (χ0n) is 3.61. The summed E-state index contributed by atoms with van der Waals surface area (Å²) >= 11 is 0.698. The molecule has 1 nitrogen and oxygen atoms in total. The van der Waals surface area contributed by atoms with Gasteiger partial charge in [-0.15, -0.1) is 0 Å². The molecule has 0 aliphatic carbocycles. The first-order valence-corrected chi connectivity index (χ1v) is 2.74. The summed E-state index contributed by atoms with van der Waals surface area (Å²) in [7, 11) is 0. The SMILES string of the molecule is C=C[C](=O)[Zn].[Zn]. The molecular weight excluding hydrogens is 183 g/mol. The third-order valence-corrected chi connectivity index (χ3v) is 0.833. The van der Waals surface area contributed by atoms with Gasteiger partial charge >= 0.3 is 40.1 Å². The first-order valence-electron chi connectivity index (χ1n) is 1.25. The van der Waals surface area contributed by atoms with Crippen LogP contribution in [0.4, 0.5) is 0 Å². The van der Waals surface area contributed by atoms with E-state index in [2.05, 4.69) is 6.58 Å². The van der Waals surface area contributed by atoms with Gasteiger partial charge in [0, 0.05) is 19.5 Å². The smallest absolute Gasteiger partial charge is 0 e. The molecule has 0 radical (unpaired) electrons. The van der Waals surface area contributed by atoms with Crippen LogP contribution in [0.1, 0.15) is 0 Å². The molecule has 0 N–H and O–H groups in total. The van der Waals surface area contributed by atoms with E-state index in [-0.39, 0.29) is 23.9 Å². The van der Waals surface area contributed by atoms with Gasteiger partial charge in [-0.3, -0.25) is 0 Å². The first kappa shape index (κ1) is 9.82.